The first kappa shape index (κ1) is 16.4. The average molecular weight is 294 g/mol. The number of carboxylic acid groups (broad SMARTS) is 1. The number of hydrogen-bond acceptors (Lipinski definition) is 4. The van der Waals surface area contributed by atoms with Gasteiger partial charge in [0.05, 0.1) is 5.92 Å². The topological polar surface area (TPSA) is 107 Å². The highest BCUT2D eigenvalue weighted by Gasteiger charge is 2.33. The molecule has 112 valence electrons. The number of aliphatic hydroxyl groups excluding tert-OH is 1. The third-order valence-corrected chi connectivity index (χ3v) is 5.23. The summed E-state index contributed by atoms with van der Waals surface area (Å²) in [5, 5.41) is 18.0. The molecular formula is C11H22N2O5S. The molecule has 0 aromatic heterocycles. The van der Waals surface area contributed by atoms with E-state index >= 15 is 0 Å². The van der Waals surface area contributed by atoms with Gasteiger partial charge < -0.3 is 10.2 Å². The summed E-state index contributed by atoms with van der Waals surface area (Å²) in [5.41, 5.74) is 0. The summed E-state index contributed by atoms with van der Waals surface area (Å²) >= 11 is 0. The molecule has 0 aromatic carbocycles. The molecule has 3 unspecified atom stereocenters. The molecule has 0 saturated carbocycles. The lowest BCUT2D eigenvalue weighted by molar-refractivity contribution is -0.142. The summed E-state index contributed by atoms with van der Waals surface area (Å²) < 4.78 is 27.9. The molecule has 1 rings (SSSR count). The molecule has 1 aliphatic rings. The summed E-state index contributed by atoms with van der Waals surface area (Å²) in [6, 6.07) is -0.403. The maximum absolute atomic E-state index is 12.1. The molecule has 1 fully saturated rings. The van der Waals surface area contributed by atoms with E-state index in [1.807, 2.05) is 0 Å². The third-order valence-electron chi connectivity index (χ3n) is 3.55. The summed E-state index contributed by atoms with van der Waals surface area (Å²) in [6.45, 7) is 3.65. The van der Waals surface area contributed by atoms with Crippen LogP contribution in [0.2, 0.25) is 0 Å². The predicted octanol–water partition coefficient (Wildman–Crippen LogP) is -0.366. The molecule has 0 spiro atoms. The van der Waals surface area contributed by atoms with Crippen LogP contribution in [-0.2, 0) is 15.0 Å². The molecule has 0 radical (unpaired) electrons. The van der Waals surface area contributed by atoms with Crippen molar-refractivity contribution in [2.75, 3.05) is 19.7 Å². The zero-order chi connectivity index (χ0) is 14.6. The minimum absolute atomic E-state index is 0.00485. The summed E-state index contributed by atoms with van der Waals surface area (Å²) in [4.78, 5) is 10.9. The first-order valence-corrected chi connectivity index (χ1v) is 7.83. The molecule has 1 heterocycles. The lowest BCUT2D eigenvalue weighted by Gasteiger charge is -2.31. The van der Waals surface area contributed by atoms with Crippen LogP contribution in [0.3, 0.4) is 0 Å². The Morgan fingerprint density at radius 2 is 2.11 bits per heavy atom. The molecule has 0 aliphatic carbocycles. The minimum Gasteiger partial charge on any atom is -0.481 e. The van der Waals surface area contributed by atoms with E-state index in [0.29, 0.717) is 19.4 Å². The van der Waals surface area contributed by atoms with Crippen LogP contribution < -0.4 is 4.72 Å². The molecule has 8 heteroatoms. The molecule has 3 atom stereocenters. The van der Waals surface area contributed by atoms with Crippen molar-refractivity contribution in [3.63, 3.8) is 0 Å². The number of piperidine rings is 1. The molecule has 3 N–H and O–H groups in total. The van der Waals surface area contributed by atoms with Crippen molar-refractivity contribution in [2.24, 2.45) is 11.8 Å². The second-order valence-corrected chi connectivity index (χ2v) is 6.81. The fourth-order valence-electron chi connectivity index (χ4n) is 1.95. The van der Waals surface area contributed by atoms with Crippen LogP contribution in [-0.4, -0.2) is 54.6 Å². The molecule has 7 nitrogen and oxygen atoms in total. The Morgan fingerprint density at radius 1 is 1.47 bits per heavy atom. The largest absolute Gasteiger partial charge is 0.481 e. The Balaban J connectivity index is 2.69. The summed E-state index contributed by atoms with van der Waals surface area (Å²) in [7, 11) is -3.70. The second-order valence-electron chi connectivity index (χ2n) is 5.11. The fourth-order valence-corrected chi connectivity index (χ4v) is 3.54. The quantitative estimate of drug-likeness (QED) is 0.620. The Hall–Kier alpha value is -0.700. The minimum atomic E-state index is -3.70. The third kappa shape index (κ3) is 4.41. The first-order valence-electron chi connectivity index (χ1n) is 6.39. The number of hydrogen-bond donors (Lipinski definition) is 3. The van der Waals surface area contributed by atoms with Gasteiger partial charge in [-0.05, 0) is 25.7 Å². The van der Waals surface area contributed by atoms with Crippen LogP contribution in [0.4, 0.5) is 0 Å². The normalized spacial score (nSPS) is 24.9. The number of nitrogens with zero attached hydrogens (tertiary/aromatic N) is 1. The van der Waals surface area contributed by atoms with Crippen LogP contribution in [0.1, 0.15) is 26.7 Å². The van der Waals surface area contributed by atoms with Gasteiger partial charge in [-0.1, -0.05) is 6.92 Å². The molecule has 19 heavy (non-hydrogen) atoms. The highest BCUT2D eigenvalue weighted by atomic mass is 32.2. The van der Waals surface area contributed by atoms with Crippen molar-refractivity contribution in [3.8, 4) is 0 Å². The Bertz CT molecular complexity index is 411. The highest BCUT2D eigenvalue weighted by Crippen LogP contribution is 2.19. The van der Waals surface area contributed by atoms with Gasteiger partial charge >= 0.3 is 5.97 Å². The maximum Gasteiger partial charge on any atom is 0.307 e. The van der Waals surface area contributed by atoms with E-state index in [1.165, 1.54) is 4.31 Å². The van der Waals surface area contributed by atoms with Crippen molar-refractivity contribution in [3.05, 3.63) is 0 Å². The SMILES string of the molecule is CC(CO)C(C)NS(=O)(=O)N1CCCC(C(=O)O)C1. The van der Waals surface area contributed by atoms with Gasteiger partial charge in [0.25, 0.3) is 10.2 Å². The van der Waals surface area contributed by atoms with Gasteiger partial charge in [-0.2, -0.15) is 17.4 Å². The van der Waals surface area contributed by atoms with Crippen molar-refractivity contribution in [2.45, 2.75) is 32.7 Å². The van der Waals surface area contributed by atoms with Crippen molar-refractivity contribution >= 4 is 16.2 Å². The number of aliphatic hydroxyl groups is 1. The van der Waals surface area contributed by atoms with Gasteiger partial charge in [-0.25, -0.2) is 0 Å². The van der Waals surface area contributed by atoms with Crippen molar-refractivity contribution in [1.29, 1.82) is 0 Å². The molecule has 1 aliphatic heterocycles. The van der Waals surface area contributed by atoms with E-state index in [2.05, 4.69) is 4.72 Å². The second kappa shape index (κ2) is 6.65. The summed E-state index contributed by atoms with van der Waals surface area (Å²) in [6.07, 6.45) is 1.05. The standard InChI is InChI=1S/C11H22N2O5S/c1-8(7-14)9(2)12-19(17,18)13-5-3-4-10(6-13)11(15)16/h8-10,12,14H,3-7H2,1-2H3,(H,15,16). The number of carboxylic acids is 1. The molecule has 1 saturated heterocycles. The lowest BCUT2D eigenvalue weighted by atomic mass is 10.0. The number of rotatable bonds is 6. The molecule has 0 aromatic rings. The maximum atomic E-state index is 12.1. The zero-order valence-corrected chi connectivity index (χ0v) is 12.1. The van der Waals surface area contributed by atoms with E-state index in [1.54, 1.807) is 13.8 Å². The van der Waals surface area contributed by atoms with Gasteiger partial charge in [0.15, 0.2) is 0 Å². The Kier molecular flexibility index (Phi) is 5.72. The average Bonchev–Trinajstić information content (AvgIpc) is 2.37. The van der Waals surface area contributed by atoms with Crippen molar-refractivity contribution < 1.29 is 23.4 Å². The van der Waals surface area contributed by atoms with Crippen LogP contribution in [0.25, 0.3) is 0 Å². The number of carbonyl (C=O) groups is 1. The van der Waals surface area contributed by atoms with E-state index in [4.69, 9.17) is 10.2 Å². The van der Waals surface area contributed by atoms with E-state index in [-0.39, 0.29) is 19.1 Å². The number of nitrogens with one attached hydrogen (secondary N) is 1. The van der Waals surface area contributed by atoms with Gasteiger partial charge in [0.1, 0.15) is 0 Å². The molecule has 0 bridgehead atoms. The van der Waals surface area contributed by atoms with E-state index < -0.39 is 28.1 Å². The van der Waals surface area contributed by atoms with Crippen LogP contribution in [0, 0.1) is 11.8 Å². The Labute approximate surface area is 113 Å². The van der Waals surface area contributed by atoms with E-state index in [9.17, 15) is 13.2 Å². The predicted molar refractivity (Wildman–Crippen MR) is 69.7 cm³/mol. The molecular weight excluding hydrogens is 272 g/mol. The van der Waals surface area contributed by atoms with E-state index in [0.717, 1.165) is 0 Å². The van der Waals surface area contributed by atoms with Crippen LogP contribution >= 0.6 is 0 Å². The number of aliphatic carboxylic acids is 1. The zero-order valence-electron chi connectivity index (χ0n) is 11.2. The monoisotopic (exact) mass is 294 g/mol. The van der Waals surface area contributed by atoms with Crippen LogP contribution in [0.5, 0.6) is 0 Å². The van der Waals surface area contributed by atoms with Gasteiger partial charge in [-0.3, -0.25) is 4.79 Å². The summed E-state index contributed by atoms with van der Waals surface area (Å²) in [5.74, 6) is -1.80. The Morgan fingerprint density at radius 3 is 2.63 bits per heavy atom. The fraction of sp³-hybridized carbons (Fsp3) is 0.909. The van der Waals surface area contributed by atoms with Crippen molar-refractivity contribution in [1.82, 2.24) is 9.03 Å². The van der Waals surface area contributed by atoms with Gasteiger partial charge in [-0.15, -0.1) is 0 Å². The lowest BCUT2D eigenvalue weighted by Crippen LogP contribution is -2.51. The highest BCUT2D eigenvalue weighted by molar-refractivity contribution is 7.87. The molecule has 0 amide bonds. The van der Waals surface area contributed by atoms with Crippen LogP contribution in [0.15, 0.2) is 0 Å². The van der Waals surface area contributed by atoms with Gasteiger partial charge in [0.2, 0.25) is 0 Å². The first-order chi connectivity index (χ1) is 8.77. The smallest absolute Gasteiger partial charge is 0.307 e. The van der Waals surface area contributed by atoms with Gasteiger partial charge in [0, 0.05) is 25.7 Å².